The summed E-state index contributed by atoms with van der Waals surface area (Å²) >= 11 is 2.97. The molecule has 2 aromatic rings. The quantitative estimate of drug-likeness (QED) is 0.174. The normalized spacial score (nSPS) is 16.2. The van der Waals surface area contributed by atoms with Crippen LogP contribution in [0.3, 0.4) is 0 Å². The van der Waals surface area contributed by atoms with E-state index in [1.165, 1.54) is 12.1 Å². The topological polar surface area (TPSA) is 131 Å². The van der Waals surface area contributed by atoms with Gasteiger partial charge >= 0.3 is 12.1 Å². The summed E-state index contributed by atoms with van der Waals surface area (Å²) in [4.78, 5) is 27.9. The fourth-order valence-electron chi connectivity index (χ4n) is 2.86. The zero-order valence-corrected chi connectivity index (χ0v) is 18.5. The zero-order chi connectivity index (χ0) is 24.2. The van der Waals surface area contributed by atoms with Crippen LogP contribution in [-0.2, 0) is 14.4 Å². The van der Waals surface area contributed by atoms with Crippen LogP contribution in [0.15, 0.2) is 32.5 Å². The molecule has 1 aromatic carbocycles. The lowest BCUT2D eigenvalue weighted by molar-refractivity contribution is -0.199. The Kier molecular flexibility index (Phi) is 7.31. The number of carbonyl (C=O) groups excluding carboxylic acids is 2. The van der Waals surface area contributed by atoms with Crippen molar-refractivity contribution in [2.45, 2.75) is 25.9 Å². The third-order valence-electron chi connectivity index (χ3n) is 4.83. The SMILES string of the molecule is CC1(C(=O)Nc2nonc2/C(=N\OC(=O)C(F)(F)F)Nc2ccc(F)c(Br)c2)CCNCC1. The number of benzene rings is 1. The van der Waals surface area contributed by atoms with Gasteiger partial charge in [-0.15, -0.1) is 0 Å². The molecule has 15 heteroatoms. The number of amidine groups is 1. The van der Waals surface area contributed by atoms with E-state index in [4.69, 9.17) is 0 Å². The van der Waals surface area contributed by atoms with Crippen molar-refractivity contribution in [3.63, 3.8) is 0 Å². The highest BCUT2D eigenvalue weighted by atomic mass is 79.9. The number of halogens is 5. The van der Waals surface area contributed by atoms with E-state index in [1.54, 1.807) is 6.92 Å². The van der Waals surface area contributed by atoms with Gasteiger partial charge in [-0.25, -0.2) is 13.8 Å². The third kappa shape index (κ3) is 6.04. The van der Waals surface area contributed by atoms with Crippen LogP contribution in [0.25, 0.3) is 0 Å². The molecule has 1 aliphatic heterocycles. The van der Waals surface area contributed by atoms with Crippen molar-refractivity contribution in [2.75, 3.05) is 23.7 Å². The first kappa shape index (κ1) is 24.6. The van der Waals surface area contributed by atoms with Gasteiger partial charge in [-0.1, -0.05) is 12.1 Å². The molecule has 0 unspecified atom stereocenters. The molecule has 33 heavy (non-hydrogen) atoms. The van der Waals surface area contributed by atoms with Gasteiger partial charge in [0.1, 0.15) is 5.82 Å². The van der Waals surface area contributed by atoms with Gasteiger partial charge in [-0.3, -0.25) is 4.79 Å². The molecule has 0 aliphatic carbocycles. The first-order valence-electron chi connectivity index (χ1n) is 9.43. The lowest BCUT2D eigenvalue weighted by Crippen LogP contribution is -2.43. The fourth-order valence-corrected chi connectivity index (χ4v) is 3.24. The van der Waals surface area contributed by atoms with Gasteiger partial charge < -0.3 is 20.8 Å². The molecule has 0 radical (unpaired) electrons. The average Bonchev–Trinajstić information content (AvgIpc) is 3.21. The Morgan fingerprint density at radius 1 is 1.24 bits per heavy atom. The number of carbonyl (C=O) groups is 2. The molecule has 178 valence electrons. The number of amides is 1. The zero-order valence-electron chi connectivity index (χ0n) is 16.9. The molecule has 0 atom stereocenters. The van der Waals surface area contributed by atoms with E-state index in [0.29, 0.717) is 25.9 Å². The van der Waals surface area contributed by atoms with Gasteiger partial charge in [0.2, 0.25) is 17.6 Å². The smallest absolute Gasteiger partial charge is 0.335 e. The Labute approximate surface area is 192 Å². The van der Waals surface area contributed by atoms with Crippen LogP contribution in [0, 0.1) is 11.2 Å². The number of aromatic nitrogens is 2. The van der Waals surface area contributed by atoms with Crippen LogP contribution in [0.5, 0.6) is 0 Å². The summed E-state index contributed by atoms with van der Waals surface area (Å²) in [5.41, 5.74) is -0.955. The molecule has 1 amide bonds. The summed E-state index contributed by atoms with van der Waals surface area (Å²) in [7, 11) is 0. The summed E-state index contributed by atoms with van der Waals surface area (Å²) < 4.78 is 55.8. The molecular formula is C18H17BrF4N6O4. The van der Waals surface area contributed by atoms with Crippen LogP contribution in [0.4, 0.5) is 29.1 Å². The highest BCUT2D eigenvalue weighted by molar-refractivity contribution is 9.10. The number of anilines is 2. The summed E-state index contributed by atoms with van der Waals surface area (Å²) in [5, 5.41) is 18.5. The van der Waals surface area contributed by atoms with Gasteiger partial charge in [-0.05, 0) is 70.4 Å². The summed E-state index contributed by atoms with van der Waals surface area (Å²) in [6.45, 7) is 2.99. The molecule has 1 aromatic heterocycles. The van der Waals surface area contributed by atoms with Crippen LogP contribution in [-0.4, -0.2) is 47.3 Å². The van der Waals surface area contributed by atoms with E-state index in [9.17, 15) is 27.2 Å². The van der Waals surface area contributed by atoms with Crippen molar-refractivity contribution in [1.82, 2.24) is 15.6 Å². The van der Waals surface area contributed by atoms with E-state index in [0.717, 1.165) is 6.07 Å². The number of hydrogen-bond acceptors (Lipinski definition) is 8. The number of oxime groups is 1. The maximum Gasteiger partial charge on any atom is 0.493 e. The number of nitrogens with zero attached hydrogens (tertiary/aromatic N) is 3. The Bertz CT molecular complexity index is 1070. The van der Waals surface area contributed by atoms with Gasteiger partial charge in [0.05, 0.1) is 4.47 Å². The highest BCUT2D eigenvalue weighted by Crippen LogP contribution is 2.30. The molecule has 0 bridgehead atoms. The van der Waals surface area contributed by atoms with Crippen molar-refractivity contribution >= 4 is 45.1 Å². The monoisotopic (exact) mass is 536 g/mol. The Morgan fingerprint density at radius 3 is 2.58 bits per heavy atom. The maximum atomic E-state index is 13.5. The van der Waals surface area contributed by atoms with Crippen molar-refractivity contribution in [2.24, 2.45) is 10.6 Å². The number of hydrogen-bond donors (Lipinski definition) is 3. The second kappa shape index (κ2) is 9.82. The van der Waals surface area contributed by atoms with E-state index < -0.39 is 35.1 Å². The molecule has 10 nitrogen and oxygen atoms in total. The molecule has 2 heterocycles. The standard InChI is InChI=1S/C18H17BrF4N6O4/c1-17(4-6-24-7-5-17)15(30)26-14-12(27-33-29-14)13(28-32-16(31)18(21,22)23)25-9-2-3-11(20)10(19)8-9/h2-3,8,24H,4-7H2,1H3,(H,25,28)(H,26,29,30). The first-order chi connectivity index (χ1) is 15.5. The van der Waals surface area contributed by atoms with E-state index >= 15 is 0 Å². The Morgan fingerprint density at radius 2 is 1.94 bits per heavy atom. The second-order valence-electron chi connectivity index (χ2n) is 7.30. The summed E-state index contributed by atoms with van der Waals surface area (Å²) in [6, 6.07) is 3.55. The molecule has 3 N–H and O–H groups in total. The summed E-state index contributed by atoms with van der Waals surface area (Å²) in [6.07, 6.45) is -4.24. The van der Waals surface area contributed by atoms with E-state index in [2.05, 4.69) is 56.8 Å². The van der Waals surface area contributed by atoms with Gasteiger partial charge in [0.25, 0.3) is 0 Å². The highest BCUT2D eigenvalue weighted by Gasteiger charge is 2.42. The number of rotatable bonds is 5. The van der Waals surface area contributed by atoms with Crippen LogP contribution < -0.4 is 16.0 Å². The second-order valence-corrected chi connectivity index (χ2v) is 8.15. The minimum atomic E-state index is -5.31. The molecule has 0 saturated carbocycles. The molecule has 1 fully saturated rings. The Hall–Kier alpha value is -3.07. The number of nitrogens with one attached hydrogen (secondary N) is 3. The maximum absolute atomic E-state index is 13.5. The summed E-state index contributed by atoms with van der Waals surface area (Å²) in [5.74, 6) is -4.44. The number of alkyl halides is 3. The van der Waals surface area contributed by atoms with E-state index in [1.807, 2.05) is 0 Å². The van der Waals surface area contributed by atoms with Crippen molar-refractivity contribution in [3.8, 4) is 0 Å². The van der Waals surface area contributed by atoms with Crippen molar-refractivity contribution < 1.29 is 36.6 Å². The van der Waals surface area contributed by atoms with E-state index in [-0.39, 0.29) is 21.7 Å². The van der Waals surface area contributed by atoms with Gasteiger partial charge in [0, 0.05) is 11.1 Å². The van der Waals surface area contributed by atoms with Crippen LogP contribution in [0.2, 0.25) is 0 Å². The molecule has 1 saturated heterocycles. The van der Waals surface area contributed by atoms with Crippen molar-refractivity contribution in [3.05, 3.63) is 34.2 Å². The third-order valence-corrected chi connectivity index (χ3v) is 5.44. The molecule has 1 aliphatic rings. The largest absolute Gasteiger partial charge is 0.493 e. The average molecular weight is 537 g/mol. The minimum absolute atomic E-state index is 0.0322. The molecule has 0 spiro atoms. The Balaban J connectivity index is 1.90. The lowest BCUT2D eigenvalue weighted by atomic mass is 9.80. The minimum Gasteiger partial charge on any atom is -0.335 e. The molecular weight excluding hydrogens is 520 g/mol. The predicted octanol–water partition coefficient (Wildman–Crippen LogP) is 3.18. The van der Waals surface area contributed by atoms with Crippen molar-refractivity contribution in [1.29, 1.82) is 0 Å². The van der Waals surface area contributed by atoms with Crippen LogP contribution in [0.1, 0.15) is 25.5 Å². The first-order valence-corrected chi connectivity index (χ1v) is 10.2. The number of piperidine rings is 1. The molecule has 3 rings (SSSR count). The van der Waals surface area contributed by atoms with Gasteiger partial charge in [-0.2, -0.15) is 13.2 Å². The fraction of sp³-hybridized carbons (Fsp3) is 0.389. The lowest BCUT2D eigenvalue weighted by Gasteiger charge is -2.32. The van der Waals surface area contributed by atoms with Gasteiger partial charge in [0.15, 0.2) is 5.69 Å². The van der Waals surface area contributed by atoms with Crippen LogP contribution >= 0.6 is 15.9 Å². The predicted molar refractivity (Wildman–Crippen MR) is 110 cm³/mol.